The first-order valence-electron chi connectivity index (χ1n) is 13.6. The number of fused-ring (bicyclic) bond motifs is 1. The lowest BCUT2D eigenvalue weighted by Crippen LogP contribution is -2.49. The molecule has 0 saturated carbocycles. The smallest absolute Gasteiger partial charge is 0.255 e. The van der Waals surface area contributed by atoms with Crippen LogP contribution in [0, 0.1) is 5.82 Å². The maximum absolute atomic E-state index is 13.8. The van der Waals surface area contributed by atoms with Gasteiger partial charge in [-0.2, -0.15) is 0 Å². The fourth-order valence-electron chi connectivity index (χ4n) is 5.28. The number of hydrogen-bond acceptors (Lipinski definition) is 7. The van der Waals surface area contributed by atoms with Gasteiger partial charge < -0.3 is 34.8 Å². The molecule has 3 aliphatic rings. The van der Waals surface area contributed by atoms with Gasteiger partial charge in [0.15, 0.2) is 11.5 Å². The van der Waals surface area contributed by atoms with Crippen molar-refractivity contribution in [2.24, 2.45) is 0 Å². The largest absolute Gasteiger partial charge is 0.454 e. The molecule has 0 atom stereocenters. The average Bonchev–Trinajstić information content (AvgIpc) is 3.49. The summed E-state index contributed by atoms with van der Waals surface area (Å²) < 4.78 is 24.6. The molecule has 10 nitrogen and oxygen atoms in total. The number of nitrogens with zero attached hydrogens (tertiary/aromatic N) is 3. The Hall–Kier alpha value is -4.64. The zero-order valence-corrected chi connectivity index (χ0v) is 22.4. The lowest BCUT2D eigenvalue weighted by molar-refractivity contribution is 0.0731. The number of carbonyl (C=O) groups is 3. The quantitative estimate of drug-likeness (QED) is 0.496. The number of amides is 3. The summed E-state index contributed by atoms with van der Waals surface area (Å²) in [6.45, 7) is 4.76. The Morgan fingerprint density at radius 3 is 2.17 bits per heavy atom. The van der Waals surface area contributed by atoms with E-state index in [1.54, 1.807) is 40.1 Å². The second-order valence-electron chi connectivity index (χ2n) is 10.1. The number of ether oxygens (including phenoxy) is 2. The molecule has 0 aliphatic carbocycles. The summed E-state index contributed by atoms with van der Waals surface area (Å²) in [5.74, 6) is -0.0161. The number of benzene rings is 3. The van der Waals surface area contributed by atoms with Crippen LogP contribution in [0.15, 0.2) is 60.7 Å². The standard InChI is InChI=1S/C30H30FN5O5/c31-23-3-1-2-20(16-23)28(37)33-24-17-21(29(38)35-10-8-32-9-11-35)4-6-25(24)34-12-14-36(15-13-34)30(39)22-5-7-26-27(18-22)41-19-40-26/h1-7,16-18,32H,8-15,19H2,(H,33,37). The highest BCUT2D eigenvalue weighted by atomic mass is 19.1. The van der Waals surface area contributed by atoms with Gasteiger partial charge in [0.25, 0.3) is 17.7 Å². The van der Waals surface area contributed by atoms with Crippen LogP contribution in [0.3, 0.4) is 0 Å². The number of anilines is 2. The number of halogens is 1. The molecule has 3 aliphatic heterocycles. The Morgan fingerprint density at radius 2 is 1.41 bits per heavy atom. The van der Waals surface area contributed by atoms with E-state index in [-0.39, 0.29) is 24.2 Å². The molecule has 3 heterocycles. The summed E-state index contributed by atoms with van der Waals surface area (Å²) in [6.07, 6.45) is 0. The van der Waals surface area contributed by atoms with E-state index in [0.29, 0.717) is 67.6 Å². The van der Waals surface area contributed by atoms with Crippen molar-refractivity contribution >= 4 is 29.1 Å². The Morgan fingerprint density at radius 1 is 0.732 bits per heavy atom. The molecule has 0 radical (unpaired) electrons. The van der Waals surface area contributed by atoms with Crippen LogP contribution in [0.1, 0.15) is 31.1 Å². The van der Waals surface area contributed by atoms with Crippen molar-refractivity contribution in [2.45, 2.75) is 0 Å². The van der Waals surface area contributed by atoms with Crippen LogP contribution >= 0.6 is 0 Å². The van der Waals surface area contributed by atoms with Gasteiger partial charge in [-0.15, -0.1) is 0 Å². The zero-order chi connectivity index (χ0) is 28.3. The van der Waals surface area contributed by atoms with Gasteiger partial charge in [-0.25, -0.2) is 4.39 Å². The maximum atomic E-state index is 13.8. The Bertz CT molecular complexity index is 1480. The molecular weight excluding hydrogens is 529 g/mol. The molecule has 2 N–H and O–H groups in total. The van der Waals surface area contributed by atoms with E-state index in [0.717, 1.165) is 18.8 Å². The molecule has 0 spiro atoms. The minimum Gasteiger partial charge on any atom is -0.454 e. The van der Waals surface area contributed by atoms with Crippen LogP contribution in [0.2, 0.25) is 0 Å². The van der Waals surface area contributed by atoms with E-state index in [4.69, 9.17) is 9.47 Å². The first kappa shape index (κ1) is 26.6. The summed E-state index contributed by atoms with van der Waals surface area (Å²) in [7, 11) is 0. The molecule has 0 bridgehead atoms. The van der Waals surface area contributed by atoms with E-state index < -0.39 is 11.7 Å². The highest BCUT2D eigenvalue weighted by Gasteiger charge is 2.27. The fraction of sp³-hybridized carbons (Fsp3) is 0.300. The van der Waals surface area contributed by atoms with Crippen LogP contribution in [-0.4, -0.2) is 86.7 Å². The summed E-state index contributed by atoms with van der Waals surface area (Å²) in [4.78, 5) is 45.1. The van der Waals surface area contributed by atoms with E-state index in [9.17, 15) is 18.8 Å². The van der Waals surface area contributed by atoms with Crippen LogP contribution < -0.4 is 25.0 Å². The number of piperazine rings is 2. The molecule has 11 heteroatoms. The summed E-state index contributed by atoms with van der Waals surface area (Å²) in [6, 6.07) is 15.9. The number of rotatable bonds is 5. The summed E-state index contributed by atoms with van der Waals surface area (Å²) >= 11 is 0. The Kier molecular flexibility index (Phi) is 7.43. The zero-order valence-electron chi connectivity index (χ0n) is 22.4. The van der Waals surface area contributed by atoms with Crippen LogP contribution in [-0.2, 0) is 0 Å². The highest BCUT2D eigenvalue weighted by Crippen LogP contribution is 2.33. The summed E-state index contributed by atoms with van der Waals surface area (Å²) in [5, 5.41) is 6.13. The van der Waals surface area contributed by atoms with Crippen molar-refractivity contribution in [3.63, 3.8) is 0 Å². The average molecular weight is 560 g/mol. The first-order valence-corrected chi connectivity index (χ1v) is 13.6. The van der Waals surface area contributed by atoms with Crippen molar-refractivity contribution < 1.29 is 28.2 Å². The fourth-order valence-corrected chi connectivity index (χ4v) is 5.28. The first-order chi connectivity index (χ1) is 20.0. The molecule has 3 aromatic rings. The molecule has 212 valence electrons. The van der Waals surface area contributed by atoms with E-state index >= 15 is 0 Å². The molecule has 2 saturated heterocycles. The molecule has 3 aromatic carbocycles. The number of hydrogen-bond donors (Lipinski definition) is 2. The molecular formula is C30H30FN5O5. The van der Waals surface area contributed by atoms with Crippen molar-refractivity contribution in [2.75, 3.05) is 69.4 Å². The SMILES string of the molecule is O=C(Nc1cc(C(=O)N2CCNCC2)ccc1N1CCN(C(=O)c2ccc3c(c2)OCO3)CC1)c1cccc(F)c1. The van der Waals surface area contributed by atoms with Crippen molar-refractivity contribution in [3.05, 3.63) is 83.2 Å². The summed E-state index contributed by atoms with van der Waals surface area (Å²) in [5.41, 5.74) is 2.34. The second kappa shape index (κ2) is 11.5. The van der Waals surface area contributed by atoms with Gasteiger partial charge in [0.1, 0.15) is 5.82 Å². The molecule has 0 aromatic heterocycles. The van der Waals surface area contributed by atoms with Crippen molar-refractivity contribution in [1.82, 2.24) is 15.1 Å². The normalized spacial score (nSPS) is 16.5. The third-order valence-corrected chi connectivity index (χ3v) is 7.51. The molecule has 2 fully saturated rings. The monoisotopic (exact) mass is 559 g/mol. The lowest BCUT2D eigenvalue weighted by Gasteiger charge is -2.37. The lowest BCUT2D eigenvalue weighted by atomic mass is 10.1. The van der Waals surface area contributed by atoms with Gasteiger partial charge in [-0.1, -0.05) is 6.07 Å². The second-order valence-corrected chi connectivity index (χ2v) is 10.1. The van der Waals surface area contributed by atoms with Gasteiger partial charge in [-0.05, 0) is 54.6 Å². The molecule has 0 unspecified atom stereocenters. The third kappa shape index (κ3) is 5.66. The topological polar surface area (TPSA) is 103 Å². The van der Waals surface area contributed by atoms with Crippen LogP contribution in [0.4, 0.5) is 15.8 Å². The predicted molar refractivity (Wildman–Crippen MR) is 150 cm³/mol. The third-order valence-electron chi connectivity index (χ3n) is 7.51. The van der Waals surface area contributed by atoms with Gasteiger partial charge in [-0.3, -0.25) is 14.4 Å². The van der Waals surface area contributed by atoms with Gasteiger partial charge in [0, 0.05) is 69.0 Å². The van der Waals surface area contributed by atoms with Crippen LogP contribution in [0.25, 0.3) is 0 Å². The molecule has 41 heavy (non-hydrogen) atoms. The van der Waals surface area contributed by atoms with Gasteiger partial charge in [0.2, 0.25) is 6.79 Å². The van der Waals surface area contributed by atoms with E-state index in [1.165, 1.54) is 24.3 Å². The minimum atomic E-state index is -0.510. The Labute approximate surface area is 236 Å². The van der Waals surface area contributed by atoms with Crippen molar-refractivity contribution in [1.29, 1.82) is 0 Å². The van der Waals surface area contributed by atoms with E-state index in [2.05, 4.69) is 15.5 Å². The van der Waals surface area contributed by atoms with Crippen molar-refractivity contribution in [3.8, 4) is 11.5 Å². The van der Waals surface area contributed by atoms with E-state index in [1.807, 2.05) is 6.07 Å². The molecule has 6 rings (SSSR count). The van der Waals surface area contributed by atoms with Gasteiger partial charge >= 0.3 is 0 Å². The number of carbonyl (C=O) groups excluding carboxylic acids is 3. The van der Waals surface area contributed by atoms with Crippen LogP contribution in [0.5, 0.6) is 11.5 Å². The molecule has 3 amide bonds. The minimum absolute atomic E-state index is 0.0976. The van der Waals surface area contributed by atoms with Gasteiger partial charge in [0.05, 0.1) is 11.4 Å². The Balaban J connectivity index is 1.21. The predicted octanol–water partition coefficient (Wildman–Crippen LogP) is 2.81. The highest BCUT2D eigenvalue weighted by molar-refractivity contribution is 6.07. The maximum Gasteiger partial charge on any atom is 0.255 e. The number of nitrogens with one attached hydrogen (secondary N) is 2.